The lowest BCUT2D eigenvalue weighted by atomic mass is 9.84. The molecule has 0 aliphatic carbocycles. The van der Waals surface area contributed by atoms with E-state index in [0.29, 0.717) is 6.04 Å². The predicted molar refractivity (Wildman–Crippen MR) is 77.9 cm³/mol. The van der Waals surface area contributed by atoms with Gasteiger partial charge in [0.15, 0.2) is 0 Å². The van der Waals surface area contributed by atoms with E-state index in [0.717, 1.165) is 25.2 Å². The number of aromatic nitrogens is 2. The van der Waals surface area contributed by atoms with Crippen LogP contribution in [0.3, 0.4) is 0 Å². The first-order valence-electron chi connectivity index (χ1n) is 7.15. The summed E-state index contributed by atoms with van der Waals surface area (Å²) < 4.78 is 2.13. The molecule has 18 heavy (non-hydrogen) atoms. The van der Waals surface area contributed by atoms with Gasteiger partial charge in [-0.25, -0.2) is 0 Å². The molecule has 0 aliphatic rings. The molecule has 0 saturated carbocycles. The van der Waals surface area contributed by atoms with E-state index < -0.39 is 0 Å². The Morgan fingerprint density at radius 3 is 2.50 bits per heavy atom. The predicted octanol–water partition coefficient (Wildman–Crippen LogP) is 3.17. The lowest BCUT2D eigenvalue weighted by molar-refractivity contribution is 0.263. The molecule has 0 aromatic carbocycles. The molecule has 104 valence electrons. The van der Waals surface area contributed by atoms with E-state index in [-0.39, 0.29) is 5.41 Å². The normalized spacial score (nSPS) is 13.9. The maximum absolute atomic E-state index is 4.53. The van der Waals surface area contributed by atoms with Gasteiger partial charge in [0.25, 0.3) is 0 Å². The van der Waals surface area contributed by atoms with Crippen molar-refractivity contribution in [1.82, 2.24) is 15.1 Å². The van der Waals surface area contributed by atoms with Gasteiger partial charge in [-0.05, 0) is 38.3 Å². The summed E-state index contributed by atoms with van der Waals surface area (Å²) in [4.78, 5) is 0. The maximum atomic E-state index is 4.53. The van der Waals surface area contributed by atoms with Crippen LogP contribution in [-0.4, -0.2) is 22.4 Å². The van der Waals surface area contributed by atoms with Gasteiger partial charge in [0, 0.05) is 24.7 Å². The van der Waals surface area contributed by atoms with Crippen LogP contribution in [0.4, 0.5) is 0 Å². The molecule has 1 rings (SSSR count). The fourth-order valence-corrected chi connectivity index (χ4v) is 2.25. The topological polar surface area (TPSA) is 29.9 Å². The molecule has 0 fully saturated rings. The van der Waals surface area contributed by atoms with Gasteiger partial charge in [-0.1, -0.05) is 27.7 Å². The number of hydrogen-bond acceptors (Lipinski definition) is 2. The molecule has 0 aliphatic heterocycles. The van der Waals surface area contributed by atoms with Crippen LogP contribution in [0.25, 0.3) is 0 Å². The van der Waals surface area contributed by atoms with Crippen molar-refractivity contribution in [2.24, 2.45) is 5.41 Å². The standard InChI is InChI=1S/C15H29N3/c1-7-9-16-14(15(4,5)6)11-13-10-12(3)17-18(13)8-2/h10,14,16H,7-9,11H2,1-6H3. The van der Waals surface area contributed by atoms with E-state index in [2.05, 4.69) is 62.7 Å². The Kier molecular flexibility index (Phi) is 5.39. The number of nitrogens with one attached hydrogen (secondary N) is 1. The van der Waals surface area contributed by atoms with E-state index in [1.165, 1.54) is 12.1 Å². The molecule has 1 N–H and O–H groups in total. The smallest absolute Gasteiger partial charge is 0.0596 e. The van der Waals surface area contributed by atoms with Gasteiger partial charge >= 0.3 is 0 Å². The molecule has 0 saturated heterocycles. The van der Waals surface area contributed by atoms with Gasteiger partial charge in [0.05, 0.1) is 5.69 Å². The third-order valence-corrected chi connectivity index (χ3v) is 3.38. The second-order valence-electron chi connectivity index (χ2n) is 6.17. The molecule has 0 spiro atoms. The number of aryl methyl sites for hydroxylation is 2. The number of nitrogens with zero attached hydrogens (tertiary/aromatic N) is 2. The van der Waals surface area contributed by atoms with Gasteiger partial charge < -0.3 is 5.32 Å². The van der Waals surface area contributed by atoms with Crippen LogP contribution in [-0.2, 0) is 13.0 Å². The van der Waals surface area contributed by atoms with Crippen LogP contribution in [0.1, 0.15) is 52.4 Å². The summed E-state index contributed by atoms with van der Waals surface area (Å²) in [6.07, 6.45) is 2.23. The fraction of sp³-hybridized carbons (Fsp3) is 0.800. The third-order valence-electron chi connectivity index (χ3n) is 3.38. The zero-order valence-electron chi connectivity index (χ0n) is 12.9. The van der Waals surface area contributed by atoms with Crippen molar-refractivity contribution >= 4 is 0 Å². The van der Waals surface area contributed by atoms with Gasteiger partial charge in [-0.15, -0.1) is 0 Å². The Morgan fingerprint density at radius 1 is 1.33 bits per heavy atom. The Balaban J connectivity index is 2.81. The zero-order valence-corrected chi connectivity index (χ0v) is 12.9. The summed E-state index contributed by atoms with van der Waals surface area (Å²) in [6, 6.07) is 2.72. The van der Waals surface area contributed by atoms with Crippen LogP contribution in [0.5, 0.6) is 0 Å². The fourth-order valence-electron chi connectivity index (χ4n) is 2.25. The minimum absolute atomic E-state index is 0.270. The minimum atomic E-state index is 0.270. The van der Waals surface area contributed by atoms with Gasteiger partial charge in [-0.3, -0.25) is 4.68 Å². The van der Waals surface area contributed by atoms with E-state index >= 15 is 0 Å². The van der Waals surface area contributed by atoms with Crippen molar-refractivity contribution in [3.05, 3.63) is 17.5 Å². The highest BCUT2D eigenvalue weighted by Gasteiger charge is 2.25. The third kappa shape index (κ3) is 4.13. The average molecular weight is 251 g/mol. The Morgan fingerprint density at radius 2 is 2.00 bits per heavy atom. The van der Waals surface area contributed by atoms with Crippen LogP contribution >= 0.6 is 0 Å². The number of rotatable bonds is 6. The Labute approximate surface area is 112 Å². The maximum Gasteiger partial charge on any atom is 0.0596 e. The second kappa shape index (κ2) is 6.37. The summed E-state index contributed by atoms with van der Waals surface area (Å²) in [5.41, 5.74) is 2.74. The van der Waals surface area contributed by atoms with Gasteiger partial charge in [0.2, 0.25) is 0 Å². The lowest BCUT2D eigenvalue weighted by Crippen LogP contribution is -2.42. The first-order chi connectivity index (χ1) is 8.38. The lowest BCUT2D eigenvalue weighted by Gasteiger charge is -2.32. The van der Waals surface area contributed by atoms with Crippen LogP contribution in [0, 0.1) is 12.3 Å². The molecule has 0 radical (unpaired) electrons. The van der Waals surface area contributed by atoms with Crippen molar-refractivity contribution in [3.63, 3.8) is 0 Å². The van der Waals surface area contributed by atoms with Gasteiger partial charge in [0.1, 0.15) is 0 Å². The highest BCUT2D eigenvalue weighted by molar-refractivity contribution is 5.11. The summed E-state index contributed by atoms with van der Waals surface area (Å²) >= 11 is 0. The monoisotopic (exact) mass is 251 g/mol. The molecule has 1 unspecified atom stereocenters. The van der Waals surface area contributed by atoms with Crippen molar-refractivity contribution in [1.29, 1.82) is 0 Å². The molecule has 1 atom stereocenters. The van der Waals surface area contributed by atoms with E-state index in [1.54, 1.807) is 0 Å². The highest BCUT2D eigenvalue weighted by Crippen LogP contribution is 2.23. The summed E-state index contributed by atoms with van der Waals surface area (Å²) in [6.45, 7) is 15.4. The van der Waals surface area contributed by atoms with E-state index in [9.17, 15) is 0 Å². The Bertz CT molecular complexity index is 360. The quantitative estimate of drug-likeness (QED) is 0.841. The first-order valence-corrected chi connectivity index (χ1v) is 7.15. The second-order valence-corrected chi connectivity index (χ2v) is 6.17. The SMILES string of the molecule is CCCNC(Cc1cc(C)nn1CC)C(C)(C)C. The van der Waals surface area contributed by atoms with E-state index in [1.807, 2.05) is 0 Å². The molecule has 3 heteroatoms. The molecule has 1 heterocycles. The van der Waals surface area contributed by atoms with Crippen LogP contribution in [0.2, 0.25) is 0 Å². The minimum Gasteiger partial charge on any atom is -0.313 e. The molecule has 0 bridgehead atoms. The highest BCUT2D eigenvalue weighted by atomic mass is 15.3. The van der Waals surface area contributed by atoms with Crippen molar-refractivity contribution in [2.45, 2.75) is 67.0 Å². The largest absolute Gasteiger partial charge is 0.313 e. The molecule has 0 amide bonds. The van der Waals surface area contributed by atoms with Crippen molar-refractivity contribution in [2.75, 3.05) is 6.54 Å². The first kappa shape index (κ1) is 15.2. The summed E-state index contributed by atoms with van der Waals surface area (Å²) in [7, 11) is 0. The zero-order chi connectivity index (χ0) is 13.8. The number of hydrogen-bond donors (Lipinski definition) is 1. The van der Waals surface area contributed by atoms with Gasteiger partial charge in [-0.2, -0.15) is 5.10 Å². The molecular formula is C15H29N3. The molecule has 3 nitrogen and oxygen atoms in total. The Hall–Kier alpha value is -0.830. The molecular weight excluding hydrogens is 222 g/mol. The molecule has 1 aromatic heterocycles. The molecule has 1 aromatic rings. The van der Waals surface area contributed by atoms with Crippen LogP contribution in [0.15, 0.2) is 6.07 Å². The summed E-state index contributed by atoms with van der Waals surface area (Å²) in [5.74, 6) is 0. The van der Waals surface area contributed by atoms with Crippen molar-refractivity contribution < 1.29 is 0 Å². The van der Waals surface area contributed by atoms with Crippen LogP contribution < -0.4 is 5.32 Å². The van der Waals surface area contributed by atoms with E-state index in [4.69, 9.17) is 0 Å². The van der Waals surface area contributed by atoms with Crippen molar-refractivity contribution in [3.8, 4) is 0 Å². The summed E-state index contributed by atoms with van der Waals surface area (Å²) in [5, 5.41) is 8.21. The average Bonchev–Trinajstić information content (AvgIpc) is 2.63.